The van der Waals surface area contributed by atoms with Gasteiger partial charge < -0.3 is 9.53 Å². The van der Waals surface area contributed by atoms with Crippen LogP contribution in [0.2, 0.25) is 0 Å². The van der Waals surface area contributed by atoms with E-state index in [1.54, 1.807) is 0 Å². The molecule has 1 saturated heterocycles. The highest BCUT2D eigenvalue weighted by molar-refractivity contribution is 5.60. The summed E-state index contributed by atoms with van der Waals surface area (Å²) in [5.41, 5.74) is 1.77. The number of aromatic nitrogens is 1. The van der Waals surface area contributed by atoms with Gasteiger partial charge in [0, 0.05) is 25.4 Å². The first-order valence-corrected chi connectivity index (χ1v) is 6.86. The largest absolute Gasteiger partial charge is 0.380 e. The van der Waals surface area contributed by atoms with Crippen LogP contribution in [0, 0.1) is 12.3 Å². The number of carbonyl (C=O) groups is 1. The fourth-order valence-electron chi connectivity index (χ4n) is 2.52. The third kappa shape index (κ3) is 3.61. The standard InChI is InChI=1S/C15H22N2O2/c1-3-17(9-14-6-4-5-13(2)16-14)10-15(11-18)7-8-19-12-15/h4-6,11H,3,7-10,12H2,1-2H3. The van der Waals surface area contributed by atoms with Crippen molar-refractivity contribution >= 4 is 6.29 Å². The summed E-state index contributed by atoms with van der Waals surface area (Å²) in [4.78, 5) is 18.2. The molecule has 1 aliphatic rings. The summed E-state index contributed by atoms with van der Waals surface area (Å²) in [6.45, 7) is 7.80. The Balaban J connectivity index is 2.02. The van der Waals surface area contributed by atoms with Gasteiger partial charge in [0.2, 0.25) is 0 Å². The van der Waals surface area contributed by atoms with E-state index in [4.69, 9.17) is 4.74 Å². The van der Waals surface area contributed by atoms with Gasteiger partial charge in [-0.1, -0.05) is 13.0 Å². The number of hydrogen-bond acceptors (Lipinski definition) is 4. The molecule has 2 rings (SSSR count). The Hall–Kier alpha value is -1.26. The van der Waals surface area contributed by atoms with Crippen molar-refractivity contribution in [3.8, 4) is 0 Å². The third-order valence-electron chi connectivity index (χ3n) is 3.70. The maximum atomic E-state index is 11.4. The topological polar surface area (TPSA) is 42.4 Å². The average Bonchev–Trinajstić information content (AvgIpc) is 2.87. The predicted molar refractivity (Wildman–Crippen MR) is 73.9 cm³/mol. The molecule has 0 bridgehead atoms. The molecule has 1 unspecified atom stereocenters. The Morgan fingerprint density at radius 2 is 2.37 bits per heavy atom. The molecule has 19 heavy (non-hydrogen) atoms. The molecular weight excluding hydrogens is 240 g/mol. The molecule has 0 spiro atoms. The Bertz CT molecular complexity index is 428. The summed E-state index contributed by atoms with van der Waals surface area (Å²) < 4.78 is 5.39. The number of aldehydes is 1. The number of aryl methyl sites for hydroxylation is 1. The molecule has 0 radical (unpaired) electrons. The van der Waals surface area contributed by atoms with Crippen molar-refractivity contribution in [2.24, 2.45) is 5.41 Å². The van der Waals surface area contributed by atoms with Gasteiger partial charge in [-0.25, -0.2) is 0 Å². The minimum Gasteiger partial charge on any atom is -0.380 e. The molecule has 0 amide bonds. The van der Waals surface area contributed by atoms with Crippen LogP contribution in [-0.4, -0.2) is 42.5 Å². The van der Waals surface area contributed by atoms with Gasteiger partial charge in [0.1, 0.15) is 6.29 Å². The summed E-state index contributed by atoms with van der Waals surface area (Å²) in [6, 6.07) is 6.06. The van der Waals surface area contributed by atoms with E-state index in [2.05, 4.69) is 16.8 Å². The van der Waals surface area contributed by atoms with Crippen LogP contribution < -0.4 is 0 Å². The van der Waals surface area contributed by atoms with E-state index >= 15 is 0 Å². The van der Waals surface area contributed by atoms with Crippen molar-refractivity contribution in [1.29, 1.82) is 0 Å². The highest BCUT2D eigenvalue weighted by Gasteiger charge is 2.36. The summed E-state index contributed by atoms with van der Waals surface area (Å²) in [5, 5.41) is 0. The molecule has 0 aromatic carbocycles. The number of nitrogens with zero attached hydrogens (tertiary/aromatic N) is 2. The summed E-state index contributed by atoms with van der Waals surface area (Å²) in [5.74, 6) is 0. The molecule has 104 valence electrons. The Labute approximate surface area is 114 Å². The molecule has 4 heteroatoms. The zero-order valence-corrected chi connectivity index (χ0v) is 11.8. The molecule has 1 atom stereocenters. The summed E-state index contributed by atoms with van der Waals surface area (Å²) in [6.07, 6.45) is 1.90. The van der Waals surface area contributed by atoms with Crippen molar-refractivity contribution < 1.29 is 9.53 Å². The van der Waals surface area contributed by atoms with Crippen LogP contribution in [0.15, 0.2) is 18.2 Å². The van der Waals surface area contributed by atoms with Gasteiger partial charge in [-0.05, 0) is 32.0 Å². The number of hydrogen-bond donors (Lipinski definition) is 0. The molecule has 1 fully saturated rings. The predicted octanol–water partition coefficient (Wildman–Crippen LogP) is 1.82. The van der Waals surface area contributed by atoms with E-state index in [9.17, 15) is 4.79 Å². The first-order valence-electron chi connectivity index (χ1n) is 6.86. The van der Waals surface area contributed by atoms with E-state index in [0.717, 1.165) is 43.7 Å². The average molecular weight is 262 g/mol. The first-order chi connectivity index (χ1) is 9.17. The Morgan fingerprint density at radius 1 is 1.53 bits per heavy atom. The highest BCUT2D eigenvalue weighted by Crippen LogP contribution is 2.27. The maximum absolute atomic E-state index is 11.4. The molecule has 4 nitrogen and oxygen atoms in total. The quantitative estimate of drug-likeness (QED) is 0.733. The highest BCUT2D eigenvalue weighted by atomic mass is 16.5. The maximum Gasteiger partial charge on any atom is 0.129 e. The van der Waals surface area contributed by atoms with E-state index in [-0.39, 0.29) is 5.41 Å². The number of pyridine rings is 1. The van der Waals surface area contributed by atoms with Crippen LogP contribution in [0.5, 0.6) is 0 Å². The van der Waals surface area contributed by atoms with Crippen molar-refractivity contribution in [2.45, 2.75) is 26.8 Å². The van der Waals surface area contributed by atoms with Crippen LogP contribution in [0.1, 0.15) is 24.7 Å². The monoisotopic (exact) mass is 262 g/mol. The van der Waals surface area contributed by atoms with E-state index in [0.29, 0.717) is 13.2 Å². The lowest BCUT2D eigenvalue weighted by molar-refractivity contribution is -0.117. The number of ether oxygens (including phenoxy) is 1. The fraction of sp³-hybridized carbons (Fsp3) is 0.600. The van der Waals surface area contributed by atoms with Gasteiger partial charge in [0.05, 0.1) is 17.7 Å². The van der Waals surface area contributed by atoms with Gasteiger partial charge in [0.25, 0.3) is 0 Å². The smallest absolute Gasteiger partial charge is 0.129 e. The van der Waals surface area contributed by atoms with Crippen LogP contribution in [0.25, 0.3) is 0 Å². The first kappa shape index (κ1) is 14.2. The van der Waals surface area contributed by atoms with Crippen LogP contribution >= 0.6 is 0 Å². The van der Waals surface area contributed by atoms with Gasteiger partial charge in [-0.2, -0.15) is 0 Å². The summed E-state index contributed by atoms with van der Waals surface area (Å²) in [7, 11) is 0. The molecule has 0 N–H and O–H groups in total. The van der Waals surface area contributed by atoms with E-state index in [1.165, 1.54) is 0 Å². The van der Waals surface area contributed by atoms with Crippen LogP contribution in [-0.2, 0) is 16.1 Å². The minimum atomic E-state index is -0.320. The molecule has 1 aliphatic heterocycles. The molecule has 0 saturated carbocycles. The molecule has 0 aliphatic carbocycles. The Morgan fingerprint density at radius 3 is 2.95 bits per heavy atom. The number of carbonyl (C=O) groups excluding carboxylic acids is 1. The lowest BCUT2D eigenvalue weighted by atomic mass is 9.88. The van der Waals surface area contributed by atoms with Crippen molar-refractivity contribution in [3.63, 3.8) is 0 Å². The van der Waals surface area contributed by atoms with E-state index in [1.807, 2.05) is 25.1 Å². The van der Waals surface area contributed by atoms with Crippen molar-refractivity contribution in [1.82, 2.24) is 9.88 Å². The second kappa shape index (κ2) is 6.26. The number of rotatable bonds is 6. The molecule has 1 aromatic rings. The minimum absolute atomic E-state index is 0.320. The molecule has 2 heterocycles. The zero-order valence-electron chi connectivity index (χ0n) is 11.8. The van der Waals surface area contributed by atoms with Gasteiger partial charge in [-0.15, -0.1) is 0 Å². The fourth-order valence-corrected chi connectivity index (χ4v) is 2.52. The summed E-state index contributed by atoms with van der Waals surface area (Å²) >= 11 is 0. The second-order valence-corrected chi connectivity index (χ2v) is 5.36. The van der Waals surface area contributed by atoms with Crippen molar-refractivity contribution in [2.75, 3.05) is 26.3 Å². The van der Waals surface area contributed by atoms with E-state index < -0.39 is 0 Å². The molecule has 1 aromatic heterocycles. The molecular formula is C15H22N2O2. The van der Waals surface area contributed by atoms with Crippen LogP contribution in [0.3, 0.4) is 0 Å². The van der Waals surface area contributed by atoms with Gasteiger partial charge >= 0.3 is 0 Å². The lowest BCUT2D eigenvalue weighted by Gasteiger charge is -2.29. The van der Waals surface area contributed by atoms with Crippen molar-refractivity contribution in [3.05, 3.63) is 29.6 Å². The normalized spacial score (nSPS) is 22.9. The van der Waals surface area contributed by atoms with Gasteiger partial charge in [-0.3, -0.25) is 9.88 Å². The SMILES string of the molecule is CCN(Cc1cccc(C)n1)CC1(C=O)CCOC1. The second-order valence-electron chi connectivity index (χ2n) is 5.36. The lowest BCUT2D eigenvalue weighted by Crippen LogP contribution is -2.39. The third-order valence-corrected chi connectivity index (χ3v) is 3.70. The zero-order chi connectivity index (χ0) is 13.7. The Kier molecular flexibility index (Phi) is 4.66. The van der Waals surface area contributed by atoms with Gasteiger partial charge in [0.15, 0.2) is 0 Å². The van der Waals surface area contributed by atoms with Crippen LogP contribution in [0.4, 0.5) is 0 Å².